The molecular formula is C21H26ClFN2O3S. The zero-order chi connectivity index (χ0) is 21.8. The molecule has 2 aromatic rings. The van der Waals surface area contributed by atoms with Crippen LogP contribution in [0.4, 0.5) is 15.8 Å². The van der Waals surface area contributed by atoms with Gasteiger partial charge in [0.15, 0.2) is 0 Å². The molecule has 2 rings (SSSR count). The Labute approximate surface area is 176 Å². The van der Waals surface area contributed by atoms with Gasteiger partial charge in [-0.25, -0.2) is 12.8 Å². The van der Waals surface area contributed by atoms with E-state index < -0.39 is 27.8 Å². The van der Waals surface area contributed by atoms with E-state index in [4.69, 9.17) is 11.6 Å². The molecule has 0 spiro atoms. The van der Waals surface area contributed by atoms with Gasteiger partial charge in [0.25, 0.3) is 0 Å². The summed E-state index contributed by atoms with van der Waals surface area (Å²) in [5, 5.41) is 2.72. The monoisotopic (exact) mass is 440 g/mol. The quantitative estimate of drug-likeness (QED) is 0.641. The Kier molecular flexibility index (Phi) is 7.66. The van der Waals surface area contributed by atoms with Gasteiger partial charge in [0.1, 0.15) is 11.9 Å². The Morgan fingerprint density at radius 3 is 2.17 bits per heavy atom. The molecule has 0 heterocycles. The van der Waals surface area contributed by atoms with Crippen molar-refractivity contribution >= 4 is 38.9 Å². The Bertz CT molecular complexity index is 973. The number of aryl methyl sites for hydroxylation is 2. The lowest BCUT2D eigenvalue weighted by atomic mass is 10.0. The zero-order valence-corrected chi connectivity index (χ0v) is 18.6. The Morgan fingerprint density at radius 2 is 1.72 bits per heavy atom. The molecule has 2 aromatic carbocycles. The molecule has 0 saturated carbocycles. The first-order chi connectivity index (χ1) is 13.6. The van der Waals surface area contributed by atoms with Crippen molar-refractivity contribution in [1.82, 2.24) is 0 Å². The van der Waals surface area contributed by atoms with Gasteiger partial charge in [0.05, 0.1) is 17.0 Å². The van der Waals surface area contributed by atoms with Crippen molar-refractivity contribution in [1.29, 1.82) is 0 Å². The lowest BCUT2D eigenvalue weighted by Gasteiger charge is -2.30. The van der Waals surface area contributed by atoms with Crippen LogP contribution in [0.15, 0.2) is 36.4 Å². The fourth-order valence-corrected chi connectivity index (χ4v) is 4.67. The number of carbonyl (C=O) groups is 1. The third-order valence-corrected chi connectivity index (χ3v) is 6.20. The number of rotatable bonds is 8. The molecule has 0 aliphatic carbocycles. The van der Waals surface area contributed by atoms with E-state index in [1.165, 1.54) is 12.1 Å². The molecular weight excluding hydrogens is 415 g/mol. The van der Waals surface area contributed by atoms with Crippen LogP contribution < -0.4 is 9.62 Å². The van der Waals surface area contributed by atoms with Crippen molar-refractivity contribution in [3.05, 3.63) is 58.4 Å². The van der Waals surface area contributed by atoms with Gasteiger partial charge in [-0.05, 0) is 48.6 Å². The number of nitrogens with zero attached hydrogens (tertiary/aromatic N) is 1. The standard InChI is InChI=1S/C21H26ClFN2O3S/c1-5-14-9-8-10-15(6-2)20(14)24-21(26)19(7-3)25(29(4,27)28)16-11-12-18(23)17(22)13-16/h8-13,19H,5-7H2,1-4H3,(H,24,26)/t19-/m1/s1. The molecule has 29 heavy (non-hydrogen) atoms. The zero-order valence-electron chi connectivity index (χ0n) is 17.0. The number of carbonyl (C=O) groups excluding carboxylic acids is 1. The summed E-state index contributed by atoms with van der Waals surface area (Å²) in [4.78, 5) is 13.2. The molecule has 1 amide bonds. The summed E-state index contributed by atoms with van der Waals surface area (Å²) < 4.78 is 39.7. The van der Waals surface area contributed by atoms with E-state index in [0.717, 1.165) is 40.6 Å². The fraction of sp³-hybridized carbons (Fsp3) is 0.381. The fourth-order valence-electron chi connectivity index (χ4n) is 3.29. The van der Waals surface area contributed by atoms with Gasteiger partial charge in [-0.15, -0.1) is 0 Å². The molecule has 5 nitrogen and oxygen atoms in total. The minimum absolute atomic E-state index is 0.139. The molecule has 0 fully saturated rings. The first kappa shape index (κ1) is 23.2. The molecule has 0 aromatic heterocycles. The minimum Gasteiger partial charge on any atom is -0.324 e. The molecule has 0 aliphatic heterocycles. The van der Waals surface area contributed by atoms with Gasteiger partial charge in [-0.3, -0.25) is 9.10 Å². The number of benzene rings is 2. The first-order valence-corrected chi connectivity index (χ1v) is 11.7. The predicted octanol–water partition coefficient (Wildman–Crippen LogP) is 4.79. The number of amides is 1. The summed E-state index contributed by atoms with van der Waals surface area (Å²) in [6.45, 7) is 5.70. The number of sulfonamides is 1. The van der Waals surface area contributed by atoms with Crippen molar-refractivity contribution in [3.8, 4) is 0 Å². The second-order valence-electron chi connectivity index (χ2n) is 6.73. The maximum Gasteiger partial charge on any atom is 0.248 e. The third kappa shape index (κ3) is 5.28. The molecule has 0 radical (unpaired) electrons. The second kappa shape index (κ2) is 9.59. The van der Waals surface area contributed by atoms with Crippen molar-refractivity contribution in [2.75, 3.05) is 15.9 Å². The highest BCUT2D eigenvalue weighted by molar-refractivity contribution is 7.92. The average Bonchev–Trinajstić information content (AvgIpc) is 2.67. The van der Waals surface area contributed by atoms with Crippen molar-refractivity contribution in [2.24, 2.45) is 0 Å². The van der Waals surface area contributed by atoms with Crippen LogP contribution >= 0.6 is 11.6 Å². The molecule has 0 aliphatic rings. The van der Waals surface area contributed by atoms with Gasteiger partial charge in [-0.1, -0.05) is 50.6 Å². The molecule has 0 saturated heterocycles. The van der Waals surface area contributed by atoms with E-state index in [1.807, 2.05) is 32.0 Å². The summed E-state index contributed by atoms with van der Waals surface area (Å²) in [7, 11) is -3.84. The van der Waals surface area contributed by atoms with Crippen molar-refractivity contribution in [2.45, 2.75) is 46.1 Å². The summed E-state index contributed by atoms with van der Waals surface area (Å²) in [5.74, 6) is -1.11. The Balaban J connectivity index is 2.48. The molecule has 8 heteroatoms. The maximum absolute atomic E-state index is 13.6. The summed E-state index contributed by atoms with van der Waals surface area (Å²) in [6, 6.07) is 8.39. The number of halogens is 2. The van der Waals surface area contributed by atoms with Gasteiger partial charge in [0, 0.05) is 5.69 Å². The Morgan fingerprint density at radius 1 is 1.14 bits per heavy atom. The van der Waals surface area contributed by atoms with Crippen LogP contribution in [0.3, 0.4) is 0 Å². The van der Waals surface area contributed by atoms with Crippen LogP contribution in [0.25, 0.3) is 0 Å². The summed E-state index contributed by atoms with van der Waals surface area (Å²) >= 11 is 5.85. The minimum atomic E-state index is -3.84. The normalized spacial score (nSPS) is 12.5. The maximum atomic E-state index is 13.6. The van der Waals surface area contributed by atoms with Crippen LogP contribution in [-0.4, -0.2) is 26.6 Å². The van der Waals surface area contributed by atoms with Crippen LogP contribution in [0.1, 0.15) is 38.3 Å². The smallest absolute Gasteiger partial charge is 0.248 e. The van der Waals surface area contributed by atoms with Crippen molar-refractivity contribution < 1.29 is 17.6 Å². The number of hydrogen-bond acceptors (Lipinski definition) is 3. The number of para-hydroxylation sites is 1. The van der Waals surface area contributed by atoms with Crippen molar-refractivity contribution in [3.63, 3.8) is 0 Å². The lowest BCUT2D eigenvalue weighted by Crippen LogP contribution is -2.47. The first-order valence-electron chi connectivity index (χ1n) is 9.50. The average molecular weight is 441 g/mol. The lowest BCUT2D eigenvalue weighted by molar-refractivity contribution is -0.117. The van der Waals surface area contributed by atoms with Gasteiger partial charge in [-0.2, -0.15) is 0 Å². The van der Waals surface area contributed by atoms with Crippen LogP contribution in [0.2, 0.25) is 5.02 Å². The molecule has 1 atom stereocenters. The van der Waals surface area contributed by atoms with E-state index in [0.29, 0.717) is 5.69 Å². The highest BCUT2D eigenvalue weighted by atomic mass is 35.5. The highest BCUT2D eigenvalue weighted by Gasteiger charge is 2.32. The van der Waals surface area contributed by atoms with Crippen LogP contribution in [0.5, 0.6) is 0 Å². The van der Waals surface area contributed by atoms with Crippen LogP contribution in [-0.2, 0) is 27.7 Å². The van der Waals surface area contributed by atoms with Gasteiger partial charge in [0.2, 0.25) is 15.9 Å². The van der Waals surface area contributed by atoms with E-state index in [-0.39, 0.29) is 17.1 Å². The number of nitrogens with one attached hydrogen (secondary N) is 1. The van der Waals surface area contributed by atoms with Gasteiger partial charge >= 0.3 is 0 Å². The molecule has 158 valence electrons. The Hall–Kier alpha value is -2.12. The van der Waals surface area contributed by atoms with Crippen LogP contribution in [0, 0.1) is 5.82 Å². The van der Waals surface area contributed by atoms with Gasteiger partial charge < -0.3 is 5.32 Å². The highest BCUT2D eigenvalue weighted by Crippen LogP contribution is 2.29. The van der Waals surface area contributed by atoms with E-state index >= 15 is 0 Å². The summed E-state index contributed by atoms with van der Waals surface area (Å²) in [5.41, 5.74) is 2.80. The third-order valence-electron chi connectivity index (χ3n) is 4.73. The predicted molar refractivity (Wildman–Crippen MR) is 117 cm³/mol. The molecule has 1 N–H and O–H groups in total. The van der Waals surface area contributed by atoms with E-state index in [9.17, 15) is 17.6 Å². The number of anilines is 2. The molecule has 0 bridgehead atoms. The topological polar surface area (TPSA) is 66.5 Å². The number of hydrogen-bond donors (Lipinski definition) is 1. The van der Waals surface area contributed by atoms with E-state index in [1.54, 1.807) is 6.92 Å². The SMILES string of the molecule is CCc1cccc(CC)c1NC(=O)[C@@H](CC)N(c1ccc(F)c(Cl)c1)S(C)(=O)=O. The molecule has 0 unspecified atom stereocenters. The second-order valence-corrected chi connectivity index (χ2v) is 9.00. The largest absolute Gasteiger partial charge is 0.324 e. The van der Waals surface area contributed by atoms with E-state index in [2.05, 4.69) is 5.32 Å². The summed E-state index contributed by atoms with van der Waals surface area (Å²) in [6.07, 6.45) is 2.69.